The minimum Gasteiger partial charge on any atom is -0.495 e. The van der Waals surface area contributed by atoms with Gasteiger partial charge in [-0.05, 0) is 73.2 Å². The fourth-order valence-electron chi connectivity index (χ4n) is 3.10. The van der Waals surface area contributed by atoms with Crippen LogP contribution in [0.3, 0.4) is 0 Å². The summed E-state index contributed by atoms with van der Waals surface area (Å²) in [6, 6.07) is 4.50. The normalized spacial score (nSPS) is 13.1. The lowest BCUT2D eigenvalue weighted by Crippen LogP contribution is -2.42. The van der Waals surface area contributed by atoms with E-state index in [0.29, 0.717) is 6.04 Å². The van der Waals surface area contributed by atoms with E-state index in [0.717, 1.165) is 54.3 Å². The molecular formula is C24H44N6O2. The zero-order valence-corrected chi connectivity index (χ0v) is 21.2. The molecule has 0 radical (unpaired) electrons. The van der Waals surface area contributed by atoms with Crippen molar-refractivity contribution in [2.45, 2.75) is 32.7 Å². The van der Waals surface area contributed by atoms with Crippen LogP contribution in [-0.2, 0) is 4.79 Å². The molecule has 1 aliphatic rings. The van der Waals surface area contributed by atoms with Crippen molar-refractivity contribution in [2.75, 3.05) is 71.0 Å². The van der Waals surface area contributed by atoms with Crippen molar-refractivity contribution in [1.82, 2.24) is 10.2 Å². The van der Waals surface area contributed by atoms with Crippen LogP contribution in [-0.4, -0.2) is 72.3 Å². The van der Waals surface area contributed by atoms with Gasteiger partial charge in [-0.15, -0.1) is 0 Å². The van der Waals surface area contributed by atoms with Crippen molar-refractivity contribution in [3.63, 3.8) is 0 Å². The van der Waals surface area contributed by atoms with E-state index in [4.69, 9.17) is 10.5 Å². The van der Waals surface area contributed by atoms with E-state index in [1.165, 1.54) is 6.08 Å². The third kappa shape index (κ3) is 10.1. The van der Waals surface area contributed by atoms with Gasteiger partial charge in [-0.1, -0.05) is 12.2 Å². The van der Waals surface area contributed by atoms with Crippen LogP contribution in [0.15, 0.2) is 36.6 Å². The van der Waals surface area contributed by atoms with Gasteiger partial charge in [0.05, 0.1) is 24.2 Å². The van der Waals surface area contributed by atoms with Gasteiger partial charge in [0.25, 0.3) is 0 Å². The minimum atomic E-state index is -0.216. The maximum absolute atomic E-state index is 11.8. The van der Waals surface area contributed by atoms with Crippen molar-refractivity contribution >= 4 is 23.0 Å². The molecule has 32 heavy (non-hydrogen) atoms. The summed E-state index contributed by atoms with van der Waals surface area (Å²) in [4.78, 5) is 16.4. The Morgan fingerprint density at radius 3 is 2.09 bits per heavy atom. The number of carbonyl (C=O) groups is 1. The Kier molecular flexibility index (Phi) is 14.6. The smallest absolute Gasteiger partial charge is 0.247 e. The first-order valence-corrected chi connectivity index (χ1v) is 10.9. The number of allylic oxidation sites excluding steroid dienone is 1. The lowest BCUT2D eigenvalue weighted by Gasteiger charge is -2.37. The quantitative estimate of drug-likeness (QED) is 0.497. The molecule has 0 aliphatic carbocycles. The zero-order valence-electron chi connectivity index (χ0n) is 21.2. The van der Waals surface area contributed by atoms with Crippen LogP contribution < -0.4 is 31.3 Å². The largest absolute Gasteiger partial charge is 0.495 e. The molecule has 0 atom stereocenters. The number of hydrogen-bond donors (Lipinski definition) is 4. The molecule has 1 heterocycles. The van der Waals surface area contributed by atoms with Gasteiger partial charge in [0.2, 0.25) is 5.91 Å². The molecule has 1 fully saturated rings. The molecule has 0 aromatic heterocycles. The summed E-state index contributed by atoms with van der Waals surface area (Å²) in [6.45, 7) is 9.34. The van der Waals surface area contributed by atoms with Crippen molar-refractivity contribution in [2.24, 2.45) is 5.73 Å². The van der Waals surface area contributed by atoms with Crippen LogP contribution in [0.4, 0.5) is 17.1 Å². The second-order valence-corrected chi connectivity index (χ2v) is 7.94. The molecule has 1 aromatic rings. The van der Waals surface area contributed by atoms with Crippen LogP contribution in [0, 0.1) is 0 Å². The van der Waals surface area contributed by atoms with Crippen LogP contribution in [0.1, 0.15) is 26.7 Å². The number of carbonyl (C=O) groups excluding carboxylic acids is 1. The molecule has 0 spiro atoms. The molecule has 8 nitrogen and oxygen atoms in total. The van der Waals surface area contributed by atoms with Gasteiger partial charge in [0.1, 0.15) is 5.75 Å². The second-order valence-electron chi connectivity index (χ2n) is 7.94. The maximum Gasteiger partial charge on any atom is 0.247 e. The number of rotatable bonds is 6. The fourth-order valence-corrected chi connectivity index (χ4v) is 3.10. The van der Waals surface area contributed by atoms with E-state index in [-0.39, 0.29) is 5.91 Å². The molecule has 182 valence electrons. The zero-order chi connectivity index (χ0) is 24.7. The molecular weight excluding hydrogens is 404 g/mol. The standard InChI is InChI=1S/C18H28N4O2.C4H9N.C2H7N/c1-6-18(23)20-14-11-15(19-2)17(24-5)12-16(14)22-9-7-13(8-10-22)21(3)4;1-4(2)3-5;1-3-2/h6,11-13,19H,1,7-10H2,2-5H3,(H,20,23);3H,5H2,1-2H3;3H,1-2H3. The average molecular weight is 449 g/mol. The second kappa shape index (κ2) is 16.0. The summed E-state index contributed by atoms with van der Waals surface area (Å²) in [7, 11) is 11.5. The number of amides is 1. The van der Waals surface area contributed by atoms with Crippen LogP contribution in [0.25, 0.3) is 0 Å². The maximum atomic E-state index is 11.8. The number of nitrogens with one attached hydrogen (secondary N) is 3. The summed E-state index contributed by atoms with van der Waals surface area (Å²) in [5.41, 5.74) is 8.76. The highest BCUT2D eigenvalue weighted by atomic mass is 16.5. The van der Waals surface area contributed by atoms with Gasteiger partial charge in [-0.3, -0.25) is 4.79 Å². The molecule has 1 amide bonds. The van der Waals surface area contributed by atoms with E-state index in [1.54, 1.807) is 13.3 Å². The van der Waals surface area contributed by atoms with Gasteiger partial charge in [-0.25, -0.2) is 0 Å². The number of piperidine rings is 1. The van der Waals surface area contributed by atoms with Crippen LogP contribution in [0.5, 0.6) is 5.75 Å². The van der Waals surface area contributed by atoms with Crippen LogP contribution in [0.2, 0.25) is 0 Å². The number of hydrogen-bond acceptors (Lipinski definition) is 7. The van der Waals surface area contributed by atoms with Crippen molar-refractivity contribution in [1.29, 1.82) is 0 Å². The van der Waals surface area contributed by atoms with E-state index < -0.39 is 0 Å². The number of nitrogens with two attached hydrogens (primary N) is 1. The Hall–Kier alpha value is -2.71. The lowest BCUT2D eigenvalue weighted by molar-refractivity contribution is -0.111. The lowest BCUT2D eigenvalue weighted by atomic mass is 10.0. The monoisotopic (exact) mass is 448 g/mol. The summed E-state index contributed by atoms with van der Waals surface area (Å²) < 4.78 is 5.48. The molecule has 1 saturated heterocycles. The highest BCUT2D eigenvalue weighted by Gasteiger charge is 2.24. The SMILES string of the molecule is C=CC(=O)Nc1cc(NC)c(OC)cc1N1CCC(N(C)C)CC1.CC(C)=CN.CNC. The topological polar surface area (TPSA) is 94.9 Å². The highest BCUT2D eigenvalue weighted by molar-refractivity contribution is 6.02. The molecule has 1 aromatic carbocycles. The summed E-state index contributed by atoms with van der Waals surface area (Å²) in [5, 5.41) is 8.77. The number of nitrogens with zero attached hydrogens (tertiary/aromatic N) is 2. The van der Waals surface area contributed by atoms with Crippen molar-refractivity contribution in [3.8, 4) is 5.75 Å². The predicted molar refractivity (Wildman–Crippen MR) is 139 cm³/mol. The number of ether oxygens (including phenoxy) is 1. The molecule has 5 N–H and O–H groups in total. The Morgan fingerprint density at radius 2 is 1.72 bits per heavy atom. The number of methoxy groups -OCH3 is 1. The van der Waals surface area contributed by atoms with E-state index in [2.05, 4.69) is 46.4 Å². The van der Waals surface area contributed by atoms with Gasteiger partial charge >= 0.3 is 0 Å². The Morgan fingerprint density at radius 1 is 1.19 bits per heavy atom. The summed E-state index contributed by atoms with van der Waals surface area (Å²) in [5.74, 6) is 0.547. The first-order chi connectivity index (χ1) is 15.2. The number of benzene rings is 1. The third-order valence-corrected chi connectivity index (χ3v) is 4.90. The number of anilines is 3. The molecule has 0 unspecified atom stereocenters. The van der Waals surface area contributed by atoms with Gasteiger partial charge < -0.3 is 36.2 Å². The molecule has 2 rings (SSSR count). The Balaban J connectivity index is 0.00000104. The Bertz CT molecular complexity index is 721. The molecule has 8 heteroatoms. The minimum absolute atomic E-state index is 0.216. The van der Waals surface area contributed by atoms with Crippen molar-refractivity contribution in [3.05, 3.63) is 36.6 Å². The molecule has 0 saturated carbocycles. The third-order valence-electron chi connectivity index (χ3n) is 4.90. The average Bonchev–Trinajstić information content (AvgIpc) is 2.79. The summed E-state index contributed by atoms with van der Waals surface area (Å²) in [6.07, 6.45) is 5.06. The fraction of sp³-hybridized carbons (Fsp3) is 0.542. The first-order valence-electron chi connectivity index (χ1n) is 10.9. The Labute approximate surface area is 194 Å². The van der Waals surface area contributed by atoms with Gasteiger partial charge in [0, 0.05) is 32.2 Å². The van der Waals surface area contributed by atoms with E-state index in [9.17, 15) is 4.79 Å². The highest BCUT2D eigenvalue weighted by Crippen LogP contribution is 2.38. The summed E-state index contributed by atoms with van der Waals surface area (Å²) >= 11 is 0. The van der Waals surface area contributed by atoms with E-state index in [1.807, 2.05) is 47.1 Å². The predicted octanol–water partition coefficient (Wildman–Crippen LogP) is 3.10. The van der Waals surface area contributed by atoms with Crippen LogP contribution >= 0.6 is 0 Å². The molecule has 1 aliphatic heterocycles. The molecule has 0 bridgehead atoms. The van der Waals surface area contributed by atoms with Gasteiger partial charge in [-0.2, -0.15) is 0 Å². The van der Waals surface area contributed by atoms with E-state index >= 15 is 0 Å². The van der Waals surface area contributed by atoms with Crippen molar-refractivity contribution < 1.29 is 9.53 Å². The first kappa shape index (κ1) is 29.3. The van der Waals surface area contributed by atoms with Gasteiger partial charge in [0.15, 0.2) is 0 Å².